The number of ether oxygens (including phenoxy) is 1. The van der Waals surface area contributed by atoms with Crippen molar-refractivity contribution in [3.05, 3.63) is 35.0 Å². The number of alkyl halides is 2. The largest absolute Gasteiger partial charge is 0.434 e. The van der Waals surface area contributed by atoms with Crippen LogP contribution in [0.15, 0.2) is 18.2 Å². The molecular formula is C20H23F2N5O2. The van der Waals surface area contributed by atoms with Crippen LogP contribution in [-0.2, 0) is 19.6 Å². The topological polar surface area (TPSA) is 76.6 Å². The van der Waals surface area contributed by atoms with Crippen LogP contribution in [0.4, 0.5) is 20.3 Å². The standard InChI is InChI=1S/C20H23F2N5O2/c1-11(12-2-3-12)26-9-13-6-14(7-16(29-20(21)22)18(13)19(26)28)25-4-5-27-15(10-25)8-17(23)24-27/h6-8,11-12,20H,2-5,9-10H2,1H3,(H2,23,24)/t11-/m0/s1. The monoisotopic (exact) mass is 403 g/mol. The molecule has 0 saturated heterocycles. The van der Waals surface area contributed by atoms with Crippen molar-refractivity contribution in [2.45, 2.75) is 52.1 Å². The molecule has 9 heteroatoms. The Morgan fingerprint density at radius 1 is 1.21 bits per heavy atom. The second kappa shape index (κ2) is 6.60. The van der Waals surface area contributed by atoms with Gasteiger partial charge in [0.25, 0.3) is 5.91 Å². The summed E-state index contributed by atoms with van der Waals surface area (Å²) in [5.41, 5.74) is 8.53. The highest BCUT2D eigenvalue weighted by Gasteiger charge is 2.40. The van der Waals surface area contributed by atoms with E-state index < -0.39 is 6.61 Å². The van der Waals surface area contributed by atoms with Crippen molar-refractivity contribution in [2.75, 3.05) is 17.2 Å². The number of amides is 1. The maximum Gasteiger partial charge on any atom is 0.387 e. The van der Waals surface area contributed by atoms with Gasteiger partial charge in [-0.05, 0) is 37.3 Å². The van der Waals surface area contributed by atoms with Crippen LogP contribution in [0.1, 0.15) is 41.4 Å². The van der Waals surface area contributed by atoms with Gasteiger partial charge < -0.3 is 20.3 Å². The summed E-state index contributed by atoms with van der Waals surface area (Å²) in [7, 11) is 0. The lowest BCUT2D eigenvalue weighted by Gasteiger charge is -2.30. The van der Waals surface area contributed by atoms with E-state index >= 15 is 0 Å². The van der Waals surface area contributed by atoms with Gasteiger partial charge in [0, 0.05) is 37.0 Å². The van der Waals surface area contributed by atoms with Crippen LogP contribution in [-0.4, -0.2) is 39.8 Å². The van der Waals surface area contributed by atoms with Crippen molar-refractivity contribution in [2.24, 2.45) is 5.92 Å². The van der Waals surface area contributed by atoms with E-state index in [1.54, 1.807) is 11.0 Å². The first-order chi connectivity index (χ1) is 13.9. The molecule has 0 bridgehead atoms. The van der Waals surface area contributed by atoms with E-state index in [9.17, 15) is 13.6 Å². The molecule has 0 radical (unpaired) electrons. The van der Waals surface area contributed by atoms with Gasteiger partial charge in [0.1, 0.15) is 11.6 Å². The van der Waals surface area contributed by atoms with Gasteiger partial charge in [0.15, 0.2) is 0 Å². The highest BCUT2D eigenvalue weighted by molar-refractivity contribution is 6.02. The molecule has 2 aliphatic heterocycles. The van der Waals surface area contributed by atoms with E-state index in [1.165, 1.54) is 0 Å². The molecule has 1 amide bonds. The Morgan fingerprint density at radius 2 is 2.00 bits per heavy atom. The fourth-order valence-electron chi connectivity index (χ4n) is 4.47. The average molecular weight is 403 g/mol. The number of anilines is 2. The molecule has 5 rings (SSSR count). The highest BCUT2D eigenvalue weighted by Crippen LogP contribution is 2.42. The summed E-state index contributed by atoms with van der Waals surface area (Å²) in [6, 6.07) is 5.41. The molecule has 154 valence electrons. The molecule has 3 aliphatic rings. The molecule has 1 aliphatic carbocycles. The molecule has 1 aromatic carbocycles. The van der Waals surface area contributed by atoms with Crippen molar-refractivity contribution in [3.63, 3.8) is 0 Å². The first kappa shape index (κ1) is 18.2. The number of nitrogens with zero attached hydrogens (tertiary/aromatic N) is 4. The maximum atomic E-state index is 13.1. The van der Waals surface area contributed by atoms with Crippen molar-refractivity contribution < 1.29 is 18.3 Å². The van der Waals surface area contributed by atoms with Gasteiger partial charge in [-0.25, -0.2) is 0 Å². The molecule has 3 heterocycles. The molecule has 2 aromatic rings. The smallest absolute Gasteiger partial charge is 0.387 e. The first-order valence-corrected chi connectivity index (χ1v) is 9.90. The Hall–Kier alpha value is -2.84. The Kier molecular flexibility index (Phi) is 4.15. The number of carbonyl (C=O) groups excluding carboxylic acids is 1. The summed E-state index contributed by atoms with van der Waals surface area (Å²) in [6.45, 7) is 1.35. The van der Waals surface area contributed by atoms with E-state index in [0.29, 0.717) is 37.9 Å². The van der Waals surface area contributed by atoms with Crippen LogP contribution in [0.25, 0.3) is 0 Å². The molecule has 29 heavy (non-hydrogen) atoms. The van der Waals surface area contributed by atoms with Gasteiger partial charge in [-0.1, -0.05) is 0 Å². The van der Waals surface area contributed by atoms with Crippen LogP contribution in [0.2, 0.25) is 0 Å². The van der Waals surface area contributed by atoms with Crippen molar-refractivity contribution in [1.82, 2.24) is 14.7 Å². The number of nitrogens with two attached hydrogens (primary N) is 1. The highest BCUT2D eigenvalue weighted by atomic mass is 19.3. The van der Waals surface area contributed by atoms with Crippen LogP contribution in [0, 0.1) is 5.92 Å². The van der Waals surface area contributed by atoms with Crippen molar-refractivity contribution in [3.8, 4) is 5.75 Å². The molecule has 1 saturated carbocycles. The second-order valence-corrected chi connectivity index (χ2v) is 8.07. The number of carbonyl (C=O) groups is 1. The molecule has 1 atom stereocenters. The van der Waals surface area contributed by atoms with E-state index in [1.807, 2.05) is 23.7 Å². The predicted octanol–water partition coefficient (Wildman–Crippen LogP) is 2.84. The number of hydrogen-bond acceptors (Lipinski definition) is 5. The first-order valence-electron chi connectivity index (χ1n) is 9.90. The quantitative estimate of drug-likeness (QED) is 0.831. The molecule has 1 fully saturated rings. The third kappa shape index (κ3) is 3.18. The molecule has 2 N–H and O–H groups in total. The number of benzene rings is 1. The summed E-state index contributed by atoms with van der Waals surface area (Å²) in [4.78, 5) is 16.9. The summed E-state index contributed by atoms with van der Waals surface area (Å²) in [5, 5.41) is 4.25. The number of rotatable bonds is 5. The van der Waals surface area contributed by atoms with E-state index in [-0.39, 0.29) is 23.3 Å². The predicted molar refractivity (Wildman–Crippen MR) is 103 cm³/mol. The fraction of sp³-hybridized carbons (Fsp3) is 0.500. The normalized spacial score (nSPS) is 19.5. The van der Waals surface area contributed by atoms with Gasteiger partial charge in [-0.15, -0.1) is 0 Å². The summed E-state index contributed by atoms with van der Waals surface area (Å²) >= 11 is 0. The van der Waals surface area contributed by atoms with Crippen molar-refractivity contribution >= 4 is 17.4 Å². The SMILES string of the molecule is C[C@@H](C1CC1)N1Cc2cc(N3CCn4nc(N)cc4C3)cc(OC(F)F)c2C1=O. The molecule has 0 spiro atoms. The number of hydrogen-bond donors (Lipinski definition) is 1. The number of nitrogen functional groups attached to an aromatic ring is 1. The minimum atomic E-state index is -2.99. The Labute approximate surface area is 167 Å². The Bertz CT molecular complexity index is 972. The van der Waals surface area contributed by atoms with Crippen molar-refractivity contribution in [1.29, 1.82) is 0 Å². The molecule has 1 aromatic heterocycles. The summed E-state index contributed by atoms with van der Waals surface area (Å²) in [6.07, 6.45) is 2.22. The van der Waals surface area contributed by atoms with E-state index in [2.05, 4.69) is 10.00 Å². The van der Waals surface area contributed by atoms with E-state index in [4.69, 9.17) is 10.5 Å². The van der Waals surface area contributed by atoms with Gasteiger partial charge in [0.05, 0.1) is 24.3 Å². The van der Waals surface area contributed by atoms with Crippen LogP contribution < -0.4 is 15.4 Å². The van der Waals surface area contributed by atoms with Gasteiger partial charge in [-0.2, -0.15) is 13.9 Å². The third-order valence-electron chi connectivity index (χ3n) is 6.18. The van der Waals surface area contributed by atoms with Gasteiger partial charge >= 0.3 is 6.61 Å². The van der Waals surface area contributed by atoms with Crippen LogP contribution in [0.3, 0.4) is 0 Å². The lowest BCUT2D eigenvalue weighted by Crippen LogP contribution is -2.34. The zero-order valence-electron chi connectivity index (χ0n) is 16.1. The Morgan fingerprint density at radius 3 is 2.72 bits per heavy atom. The van der Waals surface area contributed by atoms with Gasteiger partial charge in [-0.3, -0.25) is 9.48 Å². The maximum absolute atomic E-state index is 13.1. The number of aromatic nitrogens is 2. The minimum absolute atomic E-state index is 0.0402. The third-order valence-corrected chi connectivity index (χ3v) is 6.18. The zero-order chi connectivity index (χ0) is 20.3. The van der Waals surface area contributed by atoms with Gasteiger partial charge in [0.2, 0.25) is 0 Å². The van der Waals surface area contributed by atoms with Crippen LogP contribution >= 0.6 is 0 Å². The zero-order valence-corrected chi connectivity index (χ0v) is 16.1. The number of halogens is 2. The lowest BCUT2D eigenvalue weighted by molar-refractivity contribution is -0.0501. The lowest BCUT2D eigenvalue weighted by atomic mass is 10.1. The van der Waals surface area contributed by atoms with Crippen LogP contribution in [0.5, 0.6) is 5.75 Å². The molecule has 0 unspecified atom stereocenters. The Balaban J connectivity index is 1.49. The molecule has 7 nitrogen and oxygen atoms in total. The summed E-state index contributed by atoms with van der Waals surface area (Å²) in [5.74, 6) is 0.709. The minimum Gasteiger partial charge on any atom is -0.434 e. The average Bonchev–Trinajstić information content (AvgIpc) is 3.37. The molecular weight excluding hydrogens is 380 g/mol. The van der Waals surface area contributed by atoms with E-state index in [0.717, 1.165) is 29.8 Å². The summed E-state index contributed by atoms with van der Waals surface area (Å²) < 4.78 is 32.8. The second-order valence-electron chi connectivity index (χ2n) is 8.07. The fourth-order valence-corrected chi connectivity index (χ4v) is 4.47. The number of fused-ring (bicyclic) bond motifs is 2.